The third-order valence-electron chi connectivity index (χ3n) is 3.76. The fraction of sp³-hybridized carbons (Fsp3) is 0.500. The molecule has 0 fully saturated rings. The first-order valence-corrected chi connectivity index (χ1v) is 8.64. The van der Waals surface area contributed by atoms with E-state index >= 15 is 0 Å². The van der Waals surface area contributed by atoms with Gasteiger partial charge in [-0.3, -0.25) is 4.31 Å². The zero-order valence-corrected chi connectivity index (χ0v) is 13.6. The highest BCUT2D eigenvalue weighted by Gasteiger charge is 2.43. The Morgan fingerprint density at radius 3 is 2.53 bits per heavy atom. The summed E-state index contributed by atoms with van der Waals surface area (Å²) in [4.78, 5) is 0. The fourth-order valence-corrected chi connectivity index (χ4v) is 4.76. The molecule has 0 radical (unpaired) electrons. The number of fused-ring (bicyclic) bond motifs is 1. The summed E-state index contributed by atoms with van der Waals surface area (Å²) in [6, 6.07) is 7.61. The number of nitrogens with zero attached hydrogens (tertiary/aromatic N) is 1. The summed E-state index contributed by atoms with van der Waals surface area (Å²) in [5.41, 5.74) is 1.84. The van der Waals surface area contributed by atoms with Gasteiger partial charge < -0.3 is 0 Å². The van der Waals surface area contributed by atoms with E-state index in [9.17, 15) is 8.42 Å². The van der Waals surface area contributed by atoms with Crippen molar-refractivity contribution in [1.29, 1.82) is 0 Å². The van der Waals surface area contributed by atoms with Crippen LogP contribution in [0.2, 0.25) is 5.54 Å². The lowest BCUT2D eigenvalue weighted by Gasteiger charge is -2.39. The zero-order chi connectivity index (χ0) is 12.8. The lowest BCUT2D eigenvalue weighted by atomic mass is 10.00. The van der Waals surface area contributed by atoms with Gasteiger partial charge >= 0.3 is 0 Å². The normalized spacial score (nSPS) is 20.3. The van der Waals surface area contributed by atoms with E-state index < -0.39 is 10.0 Å². The average molecular weight is 269 g/mol. The van der Waals surface area contributed by atoms with E-state index in [0.717, 1.165) is 21.5 Å². The van der Waals surface area contributed by atoms with Gasteiger partial charge in [0, 0.05) is 15.8 Å². The number of hydrogen-bond donors (Lipinski definition) is 0. The summed E-state index contributed by atoms with van der Waals surface area (Å²) in [5.74, 6) is 0.140. The highest BCUT2D eigenvalue weighted by Crippen LogP contribution is 2.42. The lowest BCUT2D eigenvalue weighted by molar-refractivity contribution is 0.489. The van der Waals surface area contributed by atoms with Crippen LogP contribution in [-0.4, -0.2) is 24.2 Å². The van der Waals surface area contributed by atoms with Gasteiger partial charge in [-0.1, -0.05) is 25.1 Å². The Balaban J connectivity index is 2.60. The monoisotopic (exact) mass is 269 g/mol. The van der Waals surface area contributed by atoms with Gasteiger partial charge in [0.15, 0.2) is 0 Å². The minimum Gasteiger partial charge on any atom is -0.264 e. The number of para-hydroxylation sites is 1. The van der Waals surface area contributed by atoms with Gasteiger partial charge in [0.2, 0.25) is 10.0 Å². The van der Waals surface area contributed by atoms with Crippen LogP contribution < -0.4 is 4.31 Å². The van der Waals surface area contributed by atoms with Crippen molar-refractivity contribution in [2.24, 2.45) is 0 Å². The van der Waals surface area contributed by atoms with Crippen LogP contribution in [0, 0.1) is 0 Å². The molecule has 1 heterocycles. The summed E-state index contributed by atoms with van der Waals surface area (Å²) in [5, 5.41) is 0. The molecule has 2 rings (SSSR count). The molecule has 0 spiro atoms. The quantitative estimate of drug-likeness (QED) is 0.759. The Labute approximate surface area is 106 Å². The van der Waals surface area contributed by atoms with Crippen LogP contribution in [0.5, 0.6) is 0 Å². The predicted molar refractivity (Wildman–Crippen MR) is 75.0 cm³/mol. The lowest BCUT2D eigenvalue weighted by Crippen LogP contribution is -2.48. The highest BCUT2D eigenvalue weighted by atomic mass is 32.2. The molecule has 1 atom stereocenters. The smallest absolute Gasteiger partial charge is 0.239 e. The molecule has 0 N–H and O–H groups in total. The van der Waals surface area contributed by atoms with Crippen molar-refractivity contribution in [1.82, 2.24) is 0 Å². The summed E-state index contributed by atoms with van der Waals surface area (Å²) in [6.07, 6.45) is 0. The Hall–Kier alpha value is -0.813. The van der Waals surface area contributed by atoms with Crippen molar-refractivity contribution in [3.63, 3.8) is 0 Å². The fourth-order valence-electron chi connectivity index (χ4n) is 2.15. The molecule has 17 heavy (non-hydrogen) atoms. The van der Waals surface area contributed by atoms with E-state index in [1.54, 1.807) is 4.31 Å². The van der Waals surface area contributed by atoms with E-state index in [0.29, 0.717) is 5.54 Å². The van der Waals surface area contributed by atoms with Crippen molar-refractivity contribution < 1.29 is 8.42 Å². The molecular formula is C12H19NO2SSi. The molecule has 1 unspecified atom stereocenters. The molecule has 0 saturated heterocycles. The molecule has 94 valence electrons. The van der Waals surface area contributed by atoms with Gasteiger partial charge in [0.25, 0.3) is 0 Å². The number of hydrogen-bond acceptors (Lipinski definition) is 2. The van der Waals surface area contributed by atoms with Crippen LogP contribution in [0.3, 0.4) is 0 Å². The van der Waals surface area contributed by atoms with E-state index in [-0.39, 0.29) is 11.3 Å². The number of sulfonamides is 1. The Kier molecular flexibility index (Phi) is 2.86. The first-order valence-electron chi connectivity index (χ1n) is 5.88. The molecule has 1 aromatic carbocycles. The van der Waals surface area contributed by atoms with Gasteiger partial charge in [-0.05, 0) is 31.0 Å². The molecule has 0 amide bonds. The topological polar surface area (TPSA) is 37.4 Å². The van der Waals surface area contributed by atoms with Crippen LogP contribution in [-0.2, 0) is 15.8 Å². The SMILES string of the molecule is CC([SiH3])C(C)(C)N1c2ccccc2CS1(=O)=O. The number of anilines is 1. The van der Waals surface area contributed by atoms with Crippen LogP contribution in [0.1, 0.15) is 26.3 Å². The minimum atomic E-state index is -3.19. The molecule has 1 aromatic rings. The summed E-state index contributed by atoms with van der Waals surface area (Å²) < 4.78 is 26.3. The maximum Gasteiger partial charge on any atom is 0.239 e. The van der Waals surface area contributed by atoms with Crippen molar-refractivity contribution in [2.75, 3.05) is 4.31 Å². The molecule has 1 aliphatic heterocycles. The van der Waals surface area contributed by atoms with Crippen LogP contribution in [0.25, 0.3) is 0 Å². The van der Waals surface area contributed by atoms with Gasteiger partial charge in [0.1, 0.15) is 0 Å². The van der Waals surface area contributed by atoms with Crippen molar-refractivity contribution in [3.05, 3.63) is 29.8 Å². The van der Waals surface area contributed by atoms with Gasteiger partial charge in [-0.25, -0.2) is 8.42 Å². The number of benzene rings is 1. The van der Waals surface area contributed by atoms with Crippen molar-refractivity contribution in [2.45, 2.75) is 37.6 Å². The minimum absolute atomic E-state index is 0.140. The predicted octanol–water partition coefficient (Wildman–Crippen LogP) is 1.29. The molecule has 1 aliphatic rings. The Morgan fingerprint density at radius 2 is 1.94 bits per heavy atom. The van der Waals surface area contributed by atoms with Crippen LogP contribution >= 0.6 is 0 Å². The Morgan fingerprint density at radius 1 is 1.35 bits per heavy atom. The van der Waals surface area contributed by atoms with Crippen LogP contribution in [0.15, 0.2) is 24.3 Å². The largest absolute Gasteiger partial charge is 0.264 e. The molecule has 0 aliphatic carbocycles. The second-order valence-corrected chi connectivity index (χ2v) is 9.01. The van der Waals surface area contributed by atoms with Gasteiger partial charge in [0.05, 0.1) is 11.4 Å². The first kappa shape index (κ1) is 12.6. The highest BCUT2D eigenvalue weighted by molar-refractivity contribution is 7.92. The van der Waals surface area contributed by atoms with E-state index in [1.807, 2.05) is 38.1 Å². The summed E-state index contributed by atoms with van der Waals surface area (Å²) in [7, 11) is -2.22. The van der Waals surface area contributed by atoms with Crippen molar-refractivity contribution in [3.8, 4) is 0 Å². The maximum absolute atomic E-state index is 12.3. The number of rotatable bonds is 2. The molecule has 5 heteroatoms. The second-order valence-electron chi connectivity index (χ2n) is 5.46. The molecular weight excluding hydrogens is 250 g/mol. The summed E-state index contributed by atoms with van der Waals surface area (Å²) in [6.45, 7) is 6.15. The van der Waals surface area contributed by atoms with Gasteiger partial charge in [-0.15, -0.1) is 0 Å². The van der Waals surface area contributed by atoms with E-state index in [2.05, 4.69) is 6.92 Å². The standard InChI is InChI=1S/C12H19NO2SSi/c1-9(17)12(2,3)13-11-7-5-4-6-10(11)8-16(13,14)15/h4-7,9H,8H2,1-3,17H3. The van der Waals surface area contributed by atoms with Crippen LogP contribution in [0.4, 0.5) is 5.69 Å². The third kappa shape index (κ3) is 1.91. The third-order valence-corrected chi connectivity index (χ3v) is 7.08. The molecule has 0 bridgehead atoms. The van der Waals surface area contributed by atoms with Gasteiger partial charge in [-0.2, -0.15) is 0 Å². The van der Waals surface area contributed by atoms with Crippen molar-refractivity contribution >= 4 is 26.0 Å². The van der Waals surface area contributed by atoms with E-state index in [4.69, 9.17) is 0 Å². The molecule has 3 nitrogen and oxygen atoms in total. The van der Waals surface area contributed by atoms with E-state index in [1.165, 1.54) is 0 Å². The zero-order valence-electron chi connectivity index (χ0n) is 10.8. The maximum atomic E-state index is 12.3. The first-order chi connectivity index (χ1) is 7.77. The molecule has 0 aromatic heterocycles. The summed E-state index contributed by atoms with van der Waals surface area (Å²) >= 11 is 0. The average Bonchev–Trinajstić information content (AvgIpc) is 2.47. The second kappa shape index (κ2) is 3.85. The Bertz CT molecular complexity index is 537. The molecule has 0 saturated carbocycles.